The zero-order valence-corrected chi connectivity index (χ0v) is 9.24. The number of carbonyl (C=O) groups is 1. The Balaban J connectivity index is 3.04. The molecule has 0 spiro atoms. The van der Waals surface area contributed by atoms with Gasteiger partial charge < -0.3 is 10.5 Å². The zero-order valence-electron chi connectivity index (χ0n) is 7.66. The lowest BCUT2D eigenvalue weighted by Crippen LogP contribution is -2.05. The van der Waals surface area contributed by atoms with E-state index in [-0.39, 0.29) is 0 Å². The summed E-state index contributed by atoms with van der Waals surface area (Å²) >= 11 is 3.33. The number of hydrogen-bond acceptors (Lipinski definition) is 2. The first kappa shape index (κ1) is 10.8. The molecular formula is C10H10BrNO2. The number of ether oxygens (including phenoxy) is 1. The SMILES string of the molecule is COc1ccc(Br)cc1C=CC(N)=O. The molecule has 14 heavy (non-hydrogen) atoms. The lowest BCUT2D eigenvalue weighted by Gasteiger charge is -2.04. The first-order chi connectivity index (χ1) is 6.63. The summed E-state index contributed by atoms with van der Waals surface area (Å²) in [7, 11) is 1.57. The molecule has 1 rings (SSSR count). The molecule has 1 amide bonds. The minimum Gasteiger partial charge on any atom is -0.496 e. The summed E-state index contributed by atoms with van der Waals surface area (Å²) in [5.41, 5.74) is 5.80. The van der Waals surface area contributed by atoms with Gasteiger partial charge in [0.2, 0.25) is 5.91 Å². The van der Waals surface area contributed by atoms with E-state index in [1.807, 2.05) is 18.2 Å². The van der Waals surface area contributed by atoms with Crippen LogP contribution in [-0.2, 0) is 4.79 Å². The van der Waals surface area contributed by atoms with Crippen LogP contribution in [0.3, 0.4) is 0 Å². The molecule has 0 saturated heterocycles. The number of nitrogens with two attached hydrogens (primary N) is 1. The first-order valence-corrected chi connectivity index (χ1v) is 4.74. The van der Waals surface area contributed by atoms with E-state index in [0.717, 1.165) is 10.0 Å². The Morgan fingerprint density at radius 3 is 2.86 bits per heavy atom. The van der Waals surface area contributed by atoms with E-state index in [0.29, 0.717) is 5.75 Å². The number of rotatable bonds is 3. The molecule has 1 aromatic carbocycles. The molecule has 3 nitrogen and oxygen atoms in total. The Bertz CT molecular complexity index is 374. The van der Waals surface area contributed by atoms with Crippen molar-refractivity contribution in [3.63, 3.8) is 0 Å². The molecule has 0 unspecified atom stereocenters. The summed E-state index contributed by atoms with van der Waals surface area (Å²) in [4.78, 5) is 10.5. The Labute approximate surface area is 90.7 Å². The van der Waals surface area contributed by atoms with Crippen LogP contribution in [0.1, 0.15) is 5.56 Å². The highest BCUT2D eigenvalue weighted by molar-refractivity contribution is 9.10. The second-order valence-corrected chi connectivity index (χ2v) is 3.54. The number of carbonyl (C=O) groups excluding carboxylic acids is 1. The predicted molar refractivity (Wildman–Crippen MR) is 58.9 cm³/mol. The largest absolute Gasteiger partial charge is 0.496 e. The zero-order chi connectivity index (χ0) is 10.6. The third-order valence-corrected chi connectivity index (χ3v) is 2.11. The van der Waals surface area contributed by atoms with E-state index in [2.05, 4.69) is 15.9 Å². The van der Waals surface area contributed by atoms with Gasteiger partial charge in [0.05, 0.1) is 7.11 Å². The number of benzene rings is 1. The van der Waals surface area contributed by atoms with Crippen molar-refractivity contribution in [2.24, 2.45) is 5.73 Å². The molecule has 0 radical (unpaired) electrons. The average molecular weight is 256 g/mol. The second-order valence-electron chi connectivity index (χ2n) is 2.62. The molecule has 2 N–H and O–H groups in total. The van der Waals surface area contributed by atoms with Crippen LogP contribution < -0.4 is 10.5 Å². The van der Waals surface area contributed by atoms with Gasteiger partial charge in [-0.15, -0.1) is 0 Å². The summed E-state index contributed by atoms with van der Waals surface area (Å²) in [6.45, 7) is 0. The number of amides is 1. The van der Waals surface area contributed by atoms with Crippen LogP contribution in [0.4, 0.5) is 0 Å². The van der Waals surface area contributed by atoms with Gasteiger partial charge in [0.15, 0.2) is 0 Å². The van der Waals surface area contributed by atoms with E-state index >= 15 is 0 Å². The minimum absolute atomic E-state index is 0.480. The van der Waals surface area contributed by atoms with Crippen molar-refractivity contribution < 1.29 is 9.53 Å². The van der Waals surface area contributed by atoms with Crippen molar-refractivity contribution in [2.75, 3.05) is 7.11 Å². The number of methoxy groups -OCH3 is 1. The molecule has 0 atom stereocenters. The molecule has 0 bridgehead atoms. The van der Waals surface area contributed by atoms with Crippen LogP contribution in [0, 0.1) is 0 Å². The molecule has 4 heteroatoms. The van der Waals surface area contributed by atoms with Crippen LogP contribution in [0.2, 0.25) is 0 Å². The van der Waals surface area contributed by atoms with Crippen molar-refractivity contribution in [1.82, 2.24) is 0 Å². The number of halogens is 1. The molecule has 0 aromatic heterocycles. The Morgan fingerprint density at radius 2 is 2.29 bits per heavy atom. The van der Waals surface area contributed by atoms with Crippen molar-refractivity contribution in [1.29, 1.82) is 0 Å². The van der Waals surface area contributed by atoms with E-state index in [1.54, 1.807) is 13.2 Å². The first-order valence-electron chi connectivity index (χ1n) is 3.94. The fraction of sp³-hybridized carbons (Fsp3) is 0.100. The Kier molecular flexibility index (Phi) is 3.71. The van der Waals surface area contributed by atoms with Crippen molar-refractivity contribution in [3.8, 4) is 5.75 Å². The van der Waals surface area contributed by atoms with E-state index < -0.39 is 5.91 Å². The van der Waals surface area contributed by atoms with Crippen molar-refractivity contribution in [2.45, 2.75) is 0 Å². The van der Waals surface area contributed by atoms with Crippen LogP contribution >= 0.6 is 15.9 Å². The maximum Gasteiger partial charge on any atom is 0.241 e. The smallest absolute Gasteiger partial charge is 0.241 e. The van der Waals surface area contributed by atoms with Crippen LogP contribution in [0.15, 0.2) is 28.7 Å². The fourth-order valence-electron chi connectivity index (χ4n) is 1.01. The summed E-state index contributed by atoms with van der Waals surface area (Å²) in [5.74, 6) is 0.220. The molecule has 0 aliphatic carbocycles. The lowest BCUT2D eigenvalue weighted by molar-refractivity contribution is -0.113. The third kappa shape index (κ3) is 2.88. The molecule has 1 aromatic rings. The Morgan fingerprint density at radius 1 is 1.57 bits per heavy atom. The topological polar surface area (TPSA) is 52.3 Å². The van der Waals surface area contributed by atoms with Gasteiger partial charge in [0.25, 0.3) is 0 Å². The molecule has 74 valence electrons. The average Bonchev–Trinajstić information content (AvgIpc) is 2.15. The summed E-state index contributed by atoms with van der Waals surface area (Å²) in [6.07, 6.45) is 2.91. The normalized spacial score (nSPS) is 10.4. The van der Waals surface area contributed by atoms with Crippen molar-refractivity contribution in [3.05, 3.63) is 34.3 Å². The highest BCUT2D eigenvalue weighted by Crippen LogP contribution is 2.23. The highest BCUT2D eigenvalue weighted by atomic mass is 79.9. The minimum atomic E-state index is -0.480. The number of primary amides is 1. The quantitative estimate of drug-likeness (QED) is 0.840. The van der Waals surface area contributed by atoms with Crippen LogP contribution in [-0.4, -0.2) is 13.0 Å². The van der Waals surface area contributed by atoms with E-state index in [1.165, 1.54) is 6.08 Å². The van der Waals surface area contributed by atoms with Gasteiger partial charge in [0, 0.05) is 16.1 Å². The molecule has 0 fully saturated rings. The van der Waals surface area contributed by atoms with Gasteiger partial charge >= 0.3 is 0 Å². The van der Waals surface area contributed by atoms with Gasteiger partial charge in [-0.25, -0.2) is 0 Å². The van der Waals surface area contributed by atoms with Gasteiger partial charge in [-0.2, -0.15) is 0 Å². The summed E-state index contributed by atoms with van der Waals surface area (Å²) in [6, 6.07) is 5.52. The third-order valence-electron chi connectivity index (χ3n) is 1.62. The fourth-order valence-corrected chi connectivity index (χ4v) is 1.39. The number of hydrogen-bond donors (Lipinski definition) is 1. The molecule has 0 saturated carbocycles. The van der Waals surface area contributed by atoms with Gasteiger partial charge in [-0.05, 0) is 24.3 Å². The Hall–Kier alpha value is -1.29. The lowest BCUT2D eigenvalue weighted by atomic mass is 10.2. The van der Waals surface area contributed by atoms with Crippen LogP contribution in [0.25, 0.3) is 6.08 Å². The van der Waals surface area contributed by atoms with Gasteiger partial charge in [0.1, 0.15) is 5.75 Å². The molecular weight excluding hydrogens is 246 g/mol. The standard InChI is InChI=1S/C10H10BrNO2/c1-14-9-4-3-8(11)6-7(9)2-5-10(12)13/h2-6H,1H3,(H2,12,13). The maximum absolute atomic E-state index is 10.5. The second kappa shape index (κ2) is 4.81. The van der Waals surface area contributed by atoms with Gasteiger partial charge in [-0.3, -0.25) is 4.79 Å². The summed E-state index contributed by atoms with van der Waals surface area (Å²) < 4.78 is 6.03. The van der Waals surface area contributed by atoms with Gasteiger partial charge in [-0.1, -0.05) is 15.9 Å². The predicted octanol–water partition coefficient (Wildman–Crippen LogP) is 1.96. The maximum atomic E-state index is 10.5. The summed E-state index contributed by atoms with van der Waals surface area (Å²) in [5, 5.41) is 0. The molecule has 0 aliphatic rings. The highest BCUT2D eigenvalue weighted by Gasteiger charge is 1.99. The van der Waals surface area contributed by atoms with Crippen LogP contribution in [0.5, 0.6) is 5.75 Å². The molecule has 0 aliphatic heterocycles. The monoisotopic (exact) mass is 255 g/mol. The van der Waals surface area contributed by atoms with Crippen molar-refractivity contribution >= 4 is 27.9 Å². The van der Waals surface area contributed by atoms with E-state index in [4.69, 9.17) is 10.5 Å². The molecule has 0 heterocycles. The van der Waals surface area contributed by atoms with E-state index in [9.17, 15) is 4.79 Å².